The Bertz CT molecular complexity index is 492. The number of primary amides is 1. The molecule has 23 heavy (non-hydrogen) atoms. The Morgan fingerprint density at radius 3 is 1.91 bits per heavy atom. The second-order valence-electron chi connectivity index (χ2n) is 4.85. The number of amides is 3. The van der Waals surface area contributed by atoms with E-state index in [9.17, 15) is 24.0 Å². The summed E-state index contributed by atoms with van der Waals surface area (Å²) in [6.07, 6.45) is -1.31. The molecule has 0 aliphatic rings. The lowest BCUT2D eigenvalue weighted by molar-refractivity contribution is -0.143. The second kappa shape index (κ2) is 9.35. The first-order valence-corrected chi connectivity index (χ1v) is 6.63. The van der Waals surface area contributed by atoms with Crippen LogP contribution in [0.25, 0.3) is 0 Å². The maximum Gasteiger partial charge on any atom is 0.326 e. The first-order valence-electron chi connectivity index (χ1n) is 6.63. The highest BCUT2D eigenvalue weighted by Crippen LogP contribution is 2.01. The number of nitrogens with two attached hydrogens (primary N) is 2. The summed E-state index contributed by atoms with van der Waals surface area (Å²) < 4.78 is 0. The number of hydrogen-bond acceptors (Lipinski definition) is 6. The first kappa shape index (κ1) is 20.3. The van der Waals surface area contributed by atoms with Gasteiger partial charge in [-0.1, -0.05) is 0 Å². The number of carbonyl (C=O) groups excluding carboxylic acids is 3. The van der Waals surface area contributed by atoms with E-state index in [1.165, 1.54) is 6.92 Å². The average molecular weight is 332 g/mol. The molecule has 0 saturated carbocycles. The molecular formula is C12H20N4O7. The van der Waals surface area contributed by atoms with Gasteiger partial charge in [0.2, 0.25) is 17.7 Å². The smallest absolute Gasteiger partial charge is 0.326 e. The van der Waals surface area contributed by atoms with Crippen molar-refractivity contribution in [3.05, 3.63) is 0 Å². The molecule has 0 unspecified atom stereocenters. The van der Waals surface area contributed by atoms with E-state index in [-0.39, 0.29) is 12.8 Å². The van der Waals surface area contributed by atoms with E-state index < -0.39 is 54.2 Å². The van der Waals surface area contributed by atoms with Crippen molar-refractivity contribution in [3.63, 3.8) is 0 Å². The van der Waals surface area contributed by atoms with Gasteiger partial charge in [-0.05, 0) is 13.3 Å². The predicted molar refractivity (Wildman–Crippen MR) is 75.8 cm³/mol. The van der Waals surface area contributed by atoms with Crippen LogP contribution in [0.4, 0.5) is 0 Å². The van der Waals surface area contributed by atoms with Gasteiger partial charge in [0.1, 0.15) is 12.1 Å². The molecule has 0 aromatic rings. The number of hydrogen-bond donors (Lipinski definition) is 6. The number of rotatable bonds is 10. The molecule has 3 atom stereocenters. The van der Waals surface area contributed by atoms with Crippen LogP contribution in [0.2, 0.25) is 0 Å². The summed E-state index contributed by atoms with van der Waals surface area (Å²) in [5.41, 5.74) is 10.2. The summed E-state index contributed by atoms with van der Waals surface area (Å²) in [5.74, 6) is -5.34. The minimum absolute atomic E-state index is 0.266. The highest BCUT2D eigenvalue weighted by molar-refractivity contribution is 5.93. The van der Waals surface area contributed by atoms with Crippen LogP contribution in [0.5, 0.6) is 0 Å². The third kappa shape index (κ3) is 8.36. The molecule has 0 rings (SSSR count). The zero-order chi connectivity index (χ0) is 18.2. The van der Waals surface area contributed by atoms with Crippen molar-refractivity contribution in [1.29, 1.82) is 0 Å². The summed E-state index contributed by atoms with van der Waals surface area (Å²) in [6.45, 7) is 1.33. The SMILES string of the molecule is C[C@H](N)C(=O)N[C@@H](CC(=O)O)C(=O)N[C@@H](CCC(N)=O)C(=O)O. The lowest BCUT2D eigenvalue weighted by Gasteiger charge is -2.21. The Morgan fingerprint density at radius 1 is 1.00 bits per heavy atom. The Morgan fingerprint density at radius 2 is 1.52 bits per heavy atom. The molecule has 0 bridgehead atoms. The fourth-order valence-electron chi connectivity index (χ4n) is 1.50. The molecule has 11 heteroatoms. The molecule has 0 aromatic heterocycles. The minimum atomic E-state index is -1.50. The molecule has 0 aliphatic carbocycles. The monoisotopic (exact) mass is 332 g/mol. The van der Waals surface area contributed by atoms with Gasteiger partial charge in [-0.15, -0.1) is 0 Å². The van der Waals surface area contributed by atoms with Crippen LogP contribution in [0.3, 0.4) is 0 Å². The molecule has 0 spiro atoms. The molecule has 0 aliphatic heterocycles. The van der Waals surface area contributed by atoms with E-state index in [4.69, 9.17) is 21.7 Å². The van der Waals surface area contributed by atoms with Crippen LogP contribution in [0.15, 0.2) is 0 Å². The van der Waals surface area contributed by atoms with Gasteiger partial charge in [0.05, 0.1) is 12.5 Å². The van der Waals surface area contributed by atoms with Crippen LogP contribution >= 0.6 is 0 Å². The third-order valence-electron chi connectivity index (χ3n) is 2.72. The summed E-state index contributed by atoms with van der Waals surface area (Å²) in [5, 5.41) is 21.9. The normalized spacial score (nSPS) is 14.2. The van der Waals surface area contributed by atoms with Gasteiger partial charge in [-0.3, -0.25) is 19.2 Å². The maximum absolute atomic E-state index is 12.0. The number of nitrogens with one attached hydrogen (secondary N) is 2. The molecule has 3 amide bonds. The highest BCUT2D eigenvalue weighted by atomic mass is 16.4. The van der Waals surface area contributed by atoms with Gasteiger partial charge >= 0.3 is 11.9 Å². The van der Waals surface area contributed by atoms with Gasteiger partial charge in [-0.2, -0.15) is 0 Å². The fraction of sp³-hybridized carbons (Fsp3) is 0.583. The fourth-order valence-corrected chi connectivity index (χ4v) is 1.50. The van der Waals surface area contributed by atoms with E-state index in [2.05, 4.69) is 10.6 Å². The lowest BCUT2D eigenvalue weighted by atomic mass is 10.1. The zero-order valence-corrected chi connectivity index (χ0v) is 12.4. The van der Waals surface area contributed by atoms with Crippen molar-refractivity contribution in [2.24, 2.45) is 11.5 Å². The number of aliphatic carboxylic acids is 2. The van der Waals surface area contributed by atoms with Crippen LogP contribution in [0, 0.1) is 0 Å². The molecule has 8 N–H and O–H groups in total. The molecule has 11 nitrogen and oxygen atoms in total. The van der Waals surface area contributed by atoms with Gasteiger partial charge in [-0.25, -0.2) is 4.79 Å². The van der Waals surface area contributed by atoms with Crippen molar-refractivity contribution in [2.75, 3.05) is 0 Å². The predicted octanol–water partition coefficient (Wildman–Crippen LogP) is -2.87. The van der Waals surface area contributed by atoms with E-state index in [1.54, 1.807) is 0 Å². The van der Waals surface area contributed by atoms with Crippen molar-refractivity contribution in [2.45, 2.75) is 44.3 Å². The Hall–Kier alpha value is -2.69. The minimum Gasteiger partial charge on any atom is -0.481 e. The molecule has 130 valence electrons. The summed E-state index contributed by atoms with van der Waals surface area (Å²) in [6, 6.07) is -3.93. The summed E-state index contributed by atoms with van der Waals surface area (Å²) in [4.78, 5) is 55.9. The molecule has 0 aromatic carbocycles. The highest BCUT2D eigenvalue weighted by Gasteiger charge is 2.29. The van der Waals surface area contributed by atoms with Crippen molar-refractivity contribution in [1.82, 2.24) is 10.6 Å². The molecule has 0 heterocycles. The van der Waals surface area contributed by atoms with Gasteiger partial charge in [0, 0.05) is 6.42 Å². The maximum atomic E-state index is 12.0. The van der Waals surface area contributed by atoms with E-state index >= 15 is 0 Å². The quantitative estimate of drug-likeness (QED) is 0.245. The lowest BCUT2D eigenvalue weighted by Crippen LogP contribution is -2.54. The van der Waals surface area contributed by atoms with E-state index in [0.717, 1.165) is 0 Å². The zero-order valence-electron chi connectivity index (χ0n) is 12.4. The Balaban J connectivity index is 4.96. The van der Waals surface area contributed by atoms with Gasteiger partial charge < -0.3 is 32.3 Å². The summed E-state index contributed by atoms with van der Waals surface area (Å²) >= 11 is 0. The van der Waals surface area contributed by atoms with E-state index in [0.29, 0.717) is 0 Å². The average Bonchev–Trinajstić information content (AvgIpc) is 2.40. The number of carboxylic acid groups (broad SMARTS) is 2. The Labute approximate surface area is 131 Å². The molecule has 0 fully saturated rings. The Kier molecular flexibility index (Phi) is 8.26. The second-order valence-corrected chi connectivity index (χ2v) is 4.85. The first-order chi connectivity index (χ1) is 10.5. The van der Waals surface area contributed by atoms with E-state index in [1.807, 2.05) is 0 Å². The standard InChI is InChI=1S/C12H20N4O7/c1-5(13)10(20)16-7(4-9(18)19)11(21)15-6(12(22)23)2-3-8(14)17/h5-7H,2-4,13H2,1H3,(H2,14,17)(H,15,21)(H,16,20)(H,18,19)(H,22,23)/t5-,6-,7-/m0/s1. The van der Waals surface area contributed by atoms with Crippen LogP contribution in [-0.2, 0) is 24.0 Å². The van der Waals surface area contributed by atoms with Crippen LogP contribution in [-0.4, -0.2) is 58.0 Å². The van der Waals surface area contributed by atoms with Crippen LogP contribution in [0.1, 0.15) is 26.2 Å². The van der Waals surface area contributed by atoms with Crippen molar-refractivity contribution >= 4 is 29.7 Å². The molecule has 0 radical (unpaired) electrons. The molecular weight excluding hydrogens is 312 g/mol. The largest absolute Gasteiger partial charge is 0.481 e. The van der Waals surface area contributed by atoms with Gasteiger partial charge in [0.25, 0.3) is 0 Å². The van der Waals surface area contributed by atoms with Crippen molar-refractivity contribution in [3.8, 4) is 0 Å². The van der Waals surface area contributed by atoms with Gasteiger partial charge in [0.15, 0.2) is 0 Å². The van der Waals surface area contributed by atoms with Crippen molar-refractivity contribution < 1.29 is 34.2 Å². The van der Waals surface area contributed by atoms with Crippen LogP contribution < -0.4 is 22.1 Å². The third-order valence-corrected chi connectivity index (χ3v) is 2.72. The topological polar surface area (TPSA) is 202 Å². The number of carbonyl (C=O) groups is 5. The molecule has 0 saturated heterocycles. The number of carboxylic acids is 2. The summed E-state index contributed by atoms with van der Waals surface area (Å²) in [7, 11) is 0.